The molecule has 126 valence electrons. The zero-order valence-corrected chi connectivity index (χ0v) is 14.1. The van der Waals surface area contributed by atoms with Crippen LogP contribution in [0.25, 0.3) is 12.2 Å². The summed E-state index contributed by atoms with van der Waals surface area (Å²) in [6.45, 7) is 0. The minimum atomic E-state index is -0.240. The Morgan fingerprint density at radius 1 is 0.577 bits per heavy atom. The molecule has 0 unspecified atom stereocenters. The van der Waals surface area contributed by atoms with E-state index < -0.39 is 0 Å². The van der Waals surface area contributed by atoms with Gasteiger partial charge in [-0.05, 0) is 35.4 Å². The number of benzene rings is 2. The molecular weight excluding hydrogens is 322 g/mol. The van der Waals surface area contributed by atoms with E-state index in [0.717, 1.165) is 11.1 Å². The number of pyridine rings is 1. The molecule has 0 aliphatic rings. The molecule has 0 amide bonds. The number of carbonyl (C=O) groups excluding carboxylic acids is 2. The average molecular weight is 339 g/mol. The summed E-state index contributed by atoms with van der Waals surface area (Å²) in [6.07, 6.45) is 6.39. The summed E-state index contributed by atoms with van der Waals surface area (Å²) < 4.78 is 0. The summed E-state index contributed by atoms with van der Waals surface area (Å²) in [5, 5.41) is 0. The maximum Gasteiger partial charge on any atom is 0.204 e. The summed E-state index contributed by atoms with van der Waals surface area (Å²) in [5.74, 6) is -0.480. The van der Waals surface area contributed by atoms with Crippen molar-refractivity contribution >= 4 is 23.7 Å². The highest BCUT2D eigenvalue weighted by Gasteiger charge is 2.08. The Hall–Kier alpha value is -3.59. The highest BCUT2D eigenvalue weighted by atomic mass is 16.1. The van der Waals surface area contributed by atoms with Crippen molar-refractivity contribution in [2.24, 2.45) is 0 Å². The Morgan fingerprint density at radius 2 is 1.00 bits per heavy atom. The number of allylic oxidation sites excluding steroid dienone is 2. The van der Waals surface area contributed by atoms with Crippen LogP contribution in [-0.4, -0.2) is 16.6 Å². The molecule has 3 rings (SSSR count). The zero-order valence-electron chi connectivity index (χ0n) is 14.1. The summed E-state index contributed by atoms with van der Waals surface area (Å²) in [6, 6.07) is 24.0. The van der Waals surface area contributed by atoms with Gasteiger partial charge in [-0.1, -0.05) is 78.9 Å². The molecule has 0 radical (unpaired) electrons. The third-order valence-corrected chi connectivity index (χ3v) is 3.71. The fourth-order valence-corrected chi connectivity index (χ4v) is 2.35. The molecular formula is C23H17NO2. The van der Waals surface area contributed by atoms with Crippen LogP contribution in [0.5, 0.6) is 0 Å². The molecule has 3 heteroatoms. The Balaban J connectivity index is 1.73. The van der Waals surface area contributed by atoms with Gasteiger partial charge in [0.05, 0.1) is 0 Å². The minimum absolute atomic E-state index is 0.240. The molecule has 26 heavy (non-hydrogen) atoms. The predicted octanol–water partition coefficient (Wildman–Crippen LogP) is 4.87. The van der Waals surface area contributed by atoms with Crippen molar-refractivity contribution in [3.63, 3.8) is 0 Å². The lowest BCUT2D eigenvalue weighted by atomic mass is 10.1. The summed E-state index contributed by atoms with van der Waals surface area (Å²) in [7, 11) is 0. The molecule has 0 fully saturated rings. The largest absolute Gasteiger partial charge is 0.288 e. The lowest BCUT2D eigenvalue weighted by Crippen LogP contribution is -2.05. The second-order valence-electron chi connectivity index (χ2n) is 5.62. The number of carbonyl (C=O) groups is 2. The van der Waals surface area contributed by atoms with Crippen LogP contribution in [0.3, 0.4) is 0 Å². The normalized spacial score (nSPS) is 11.1. The molecule has 2 aromatic carbocycles. The first-order valence-corrected chi connectivity index (χ1v) is 8.24. The summed E-state index contributed by atoms with van der Waals surface area (Å²) in [4.78, 5) is 28.8. The SMILES string of the molecule is O=C(/C=C/c1ccccc1)c1cccc(C(=O)/C=C/c2ccccc2)n1. The van der Waals surface area contributed by atoms with E-state index in [0.29, 0.717) is 0 Å². The number of ketones is 2. The first kappa shape index (κ1) is 17.2. The second-order valence-corrected chi connectivity index (χ2v) is 5.62. The second kappa shape index (κ2) is 8.49. The monoisotopic (exact) mass is 339 g/mol. The molecule has 0 atom stereocenters. The van der Waals surface area contributed by atoms with Crippen LogP contribution in [-0.2, 0) is 0 Å². The molecule has 0 aliphatic carbocycles. The molecule has 1 heterocycles. The molecule has 0 N–H and O–H groups in total. The fraction of sp³-hybridized carbons (Fsp3) is 0. The van der Waals surface area contributed by atoms with Crippen LogP contribution in [0, 0.1) is 0 Å². The third kappa shape index (κ3) is 4.71. The van der Waals surface area contributed by atoms with Crippen LogP contribution in [0.2, 0.25) is 0 Å². The Morgan fingerprint density at radius 3 is 1.42 bits per heavy atom. The van der Waals surface area contributed by atoms with Crippen molar-refractivity contribution in [1.82, 2.24) is 4.98 Å². The number of aromatic nitrogens is 1. The van der Waals surface area contributed by atoms with Crippen molar-refractivity contribution in [3.05, 3.63) is 114 Å². The van der Waals surface area contributed by atoms with Gasteiger partial charge in [-0.3, -0.25) is 9.59 Å². The molecule has 0 saturated carbocycles. The highest BCUT2D eigenvalue weighted by Crippen LogP contribution is 2.08. The van der Waals surface area contributed by atoms with Crippen LogP contribution in [0.4, 0.5) is 0 Å². The number of hydrogen-bond acceptors (Lipinski definition) is 3. The van der Waals surface area contributed by atoms with Crippen molar-refractivity contribution < 1.29 is 9.59 Å². The van der Waals surface area contributed by atoms with Gasteiger partial charge in [-0.2, -0.15) is 0 Å². The van der Waals surface area contributed by atoms with Crippen LogP contribution < -0.4 is 0 Å². The van der Waals surface area contributed by atoms with Gasteiger partial charge in [-0.25, -0.2) is 4.98 Å². The number of nitrogens with zero attached hydrogens (tertiary/aromatic N) is 1. The molecule has 0 spiro atoms. The van der Waals surface area contributed by atoms with Crippen molar-refractivity contribution in [2.75, 3.05) is 0 Å². The first-order valence-electron chi connectivity index (χ1n) is 8.24. The van der Waals surface area contributed by atoms with Gasteiger partial charge in [0.15, 0.2) is 0 Å². The topological polar surface area (TPSA) is 47.0 Å². The van der Waals surface area contributed by atoms with Gasteiger partial charge in [-0.15, -0.1) is 0 Å². The van der Waals surface area contributed by atoms with E-state index in [1.54, 1.807) is 30.4 Å². The predicted molar refractivity (Wildman–Crippen MR) is 104 cm³/mol. The minimum Gasteiger partial charge on any atom is -0.288 e. The average Bonchev–Trinajstić information content (AvgIpc) is 2.72. The highest BCUT2D eigenvalue weighted by molar-refractivity contribution is 6.08. The van der Waals surface area contributed by atoms with Crippen molar-refractivity contribution in [1.29, 1.82) is 0 Å². The third-order valence-electron chi connectivity index (χ3n) is 3.71. The van der Waals surface area contributed by atoms with Crippen molar-refractivity contribution in [3.8, 4) is 0 Å². The molecule has 3 aromatic rings. The Labute approximate surface area is 152 Å². The summed E-state index contributed by atoms with van der Waals surface area (Å²) in [5.41, 5.74) is 2.35. The number of hydrogen-bond donors (Lipinski definition) is 0. The smallest absolute Gasteiger partial charge is 0.204 e. The lowest BCUT2D eigenvalue weighted by molar-refractivity contribution is 0.104. The van der Waals surface area contributed by atoms with E-state index in [9.17, 15) is 9.59 Å². The van der Waals surface area contributed by atoms with E-state index in [1.807, 2.05) is 60.7 Å². The van der Waals surface area contributed by atoms with E-state index in [-0.39, 0.29) is 23.0 Å². The van der Waals surface area contributed by atoms with E-state index in [4.69, 9.17) is 0 Å². The van der Waals surface area contributed by atoms with Gasteiger partial charge >= 0.3 is 0 Å². The molecule has 3 nitrogen and oxygen atoms in total. The van der Waals surface area contributed by atoms with Crippen LogP contribution in [0.1, 0.15) is 32.1 Å². The Kier molecular flexibility index (Phi) is 5.63. The standard InChI is InChI=1S/C23H17NO2/c25-22(16-14-18-8-3-1-4-9-18)20-12-7-13-21(24-20)23(26)17-15-19-10-5-2-6-11-19/h1-17H/b16-14+,17-15+. The van der Waals surface area contributed by atoms with Gasteiger partial charge in [0.2, 0.25) is 11.6 Å². The molecule has 1 aromatic heterocycles. The van der Waals surface area contributed by atoms with Crippen LogP contribution in [0.15, 0.2) is 91.0 Å². The van der Waals surface area contributed by atoms with E-state index >= 15 is 0 Å². The maximum absolute atomic E-state index is 12.3. The van der Waals surface area contributed by atoms with Gasteiger partial charge in [0.1, 0.15) is 11.4 Å². The van der Waals surface area contributed by atoms with Crippen LogP contribution >= 0.6 is 0 Å². The molecule has 0 bridgehead atoms. The molecule has 0 saturated heterocycles. The number of rotatable bonds is 6. The quantitative estimate of drug-likeness (QED) is 0.475. The Bertz CT molecular complexity index is 881. The molecule has 0 aliphatic heterocycles. The van der Waals surface area contributed by atoms with E-state index in [1.165, 1.54) is 12.2 Å². The summed E-state index contributed by atoms with van der Waals surface area (Å²) >= 11 is 0. The van der Waals surface area contributed by atoms with Gasteiger partial charge in [0, 0.05) is 0 Å². The van der Waals surface area contributed by atoms with E-state index in [2.05, 4.69) is 4.98 Å². The van der Waals surface area contributed by atoms with Gasteiger partial charge < -0.3 is 0 Å². The van der Waals surface area contributed by atoms with Gasteiger partial charge in [0.25, 0.3) is 0 Å². The van der Waals surface area contributed by atoms with Crippen molar-refractivity contribution in [2.45, 2.75) is 0 Å². The first-order chi connectivity index (χ1) is 12.7. The zero-order chi connectivity index (χ0) is 18.2. The fourth-order valence-electron chi connectivity index (χ4n) is 2.35. The lowest BCUT2D eigenvalue weighted by Gasteiger charge is -1.99. The maximum atomic E-state index is 12.3.